The molecule has 0 aliphatic carbocycles. The van der Waals surface area contributed by atoms with Gasteiger partial charge in [-0.2, -0.15) is 13.2 Å². The Balaban J connectivity index is 1.65. The number of hydrogen-bond donors (Lipinski definition) is 2. The lowest BCUT2D eigenvalue weighted by Crippen LogP contribution is -2.12. The number of pyridine rings is 1. The third-order valence-electron chi connectivity index (χ3n) is 4.74. The fourth-order valence-electron chi connectivity index (χ4n) is 3.22. The molecular formula is C23H21F3N4O. The van der Waals surface area contributed by atoms with Gasteiger partial charge in [0.2, 0.25) is 11.8 Å². The highest BCUT2D eigenvalue weighted by atomic mass is 19.4. The van der Waals surface area contributed by atoms with Crippen molar-refractivity contribution in [3.05, 3.63) is 71.9 Å². The Morgan fingerprint density at radius 1 is 0.968 bits per heavy atom. The molecule has 31 heavy (non-hydrogen) atoms. The summed E-state index contributed by atoms with van der Waals surface area (Å²) in [7, 11) is 0. The Bertz CT molecular complexity index is 1230. The fourth-order valence-corrected chi connectivity index (χ4v) is 3.22. The summed E-state index contributed by atoms with van der Waals surface area (Å²) in [5, 5.41) is 3.06. The number of hydrogen-bond acceptors (Lipinski definition) is 4. The Kier molecular flexibility index (Phi) is 5.08. The number of nitrogens with zero attached hydrogens (tertiary/aromatic N) is 2. The van der Waals surface area contributed by atoms with Crippen LogP contribution < -0.4 is 10.1 Å². The molecule has 0 atom stereocenters. The normalized spacial score (nSPS) is 12.2. The maximum atomic E-state index is 13.0. The molecule has 160 valence electrons. The van der Waals surface area contributed by atoms with Crippen molar-refractivity contribution in [1.82, 2.24) is 15.0 Å². The highest BCUT2D eigenvalue weighted by molar-refractivity contribution is 5.79. The molecule has 2 aromatic carbocycles. The van der Waals surface area contributed by atoms with E-state index in [1.807, 2.05) is 24.3 Å². The largest absolute Gasteiger partial charge is 0.437 e. The summed E-state index contributed by atoms with van der Waals surface area (Å²) < 4.78 is 45.0. The van der Waals surface area contributed by atoms with Crippen molar-refractivity contribution in [2.24, 2.45) is 0 Å². The van der Waals surface area contributed by atoms with E-state index in [4.69, 9.17) is 4.74 Å². The van der Waals surface area contributed by atoms with Crippen molar-refractivity contribution >= 4 is 22.7 Å². The molecule has 0 spiro atoms. The molecule has 0 saturated heterocycles. The molecule has 0 fully saturated rings. The number of aromatic amines is 1. The van der Waals surface area contributed by atoms with Gasteiger partial charge < -0.3 is 15.0 Å². The molecule has 0 aliphatic rings. The van der Waals surface area contributed by atoms with Crippen molar-refractivity contribution in [2.45, 2.75) is 32.4 Å². The number of H-pyrrole nitrogens is 1. The smallest absolute Gasteiger partial charge is 0.416 e. The number of rotatable bonds is 4. The van der Waals surface area contributed by atoms with Crippen LogP contribution >= 0.6 is 0 Å². The summed E-state index contributed by atoms with van der Waals surface area (Å²) in [5.41, 5.74) is 1.37. The number of alkyl halides is 3. The fraction of sp³-hybridized carbons (Fsp3) is 0.217. The van der Waals surface area contributed by atoms with Crippen molar-refractivity contribution < 1.29 is 17.9 Å². The quantitative estimate of drug-likeness (QED) is 0.376. The number of fused-ring (bicyclic) bond motifs is 1. The maximum Gasteiger partial charge on any atom is 0.416 e. The van der Waals surface area contributed by atoms with E-state index in [1.165, 1.54) is 6.07 Å². The lowest BCUT2D eigenvalue weighted by molar-refractivity contribution is -0.137. The molecule has 2 heterocycles. The molecular weight excluding hydrogens is 405 g/mol. The highest BCUT2D eigenvalue weighted by Gasteiger charge is 2.30. The first kappa shape index (κ1) is 20.7. The van der Waals surface area contributed by atoms with Gasteiger partial charge in [0, 0.05) is 11.8 Å². The number of nitrogens with one attached hydrogen (secondary N) is 2. The second-order valence-electron chi connectivity index (χ2n) is 8.14. The Morgan fingerprint density at radius 2 is 1.74 bits per heavy atom. The van der Waals surface area contributed by atoms with Crippen LogP contribution in [-0.2, 0) is 11.6 Å². The van der Waals surface area contributed by atoms with Crippen LogP contribution in [0.2, 0.25) is 0 Å². The minimum Gasteiger partial charge on any atom is -0.437 e. The first-order chi connectivity index (χ1) is 14.6. The molecule has 0 bridgehead atoms. The second-order valence-corrected chi connectivity index (χ2v) is 8.14. The lowest BCUT2D eigenvalue weighted by Gasteiger charge is -2.22. The van der Waals surface area contributed by atoms with Crippen LogP contribution in [0.25, 0.3) is 11.0 Å². The van der Waals surface area contributed by atoms with Crippen LogP contribution in [0.4, 0.5) is 24.8 Å². The molecule has 4 rings (SSSR count). The van der Waals surface area contributed by atoms with Crippen LogP contribution in [-0.4, -0.2) is 15.0 Å². The zero-order valence-electron chi connectivity index (χ0n) is 17.2. The topological polar surface area (TPSA) is 62.8 Å². The van der Waals surface area contributed by atoms with E-state index in [9.17, 15) is 13.2 Å². The van der Waals surface area contributed by atoms with Crippen molar-refractivity contribution in [2.75, 3.05) is 5.32 Å². The summed E-state index contributed by atoms with van der Waals surface area (Å²) >= 11 is 0. The number of benzene rings is 2. The van der Waals surface area contributed by atoms with E-state index in [1.54, 1.807) is 18.3 Å². The van der Waals surface area contributed by atoms with Gasteiger partial charge in [-0.05, 0) is 41.8 Å². The predicted octanol–water partition coefficient (Wildman–Crippen LogP) is 6.81. The van der Waals surface area contributed by atoms with E-state index in [0.29, 0.717) is 22.8 Å². The van der Waals surface area contributed by atoms with E-state index >= 15 is 0 Å². The number of aromatic nitrogens is 3. The Hall–Kier alpha value is -3.55. The predicted molar refractivity (Wildman–Crippen MR) is 114 cm³/mol. The van der Waals surface area contributed by atoms with Gasteiger partial charge in [0.25, 0.3) is 0 Å². The van der Waals surface area contributed by atoms with Gasteiger partial charge in [-0.25, -0.2) is 9.97 Å². The van der Waals surface area contributed by atoms with Crippen LogP contribution in [0.15, 0.2) is 60.8 Å². The van der Waals surface area contributed by atoms with Crippen molar-refractivity contribution in [3.8, 4) is 11.6 Å². The van der Waals surface area contributed by atoms with Gasteiger partial charge in [0.1, 0.15) is 11.4 Å². The molecule has 0 radical (unpaired) electrons. The number of ether oxygens (including phenoxy) is 1. The molecule has 2 N–H and O–H groups in total. The second kappa shape index (κ2) is 7.61. The Labute approximate surface area is 177 Å². The van der Waals surface area contributed by atoms with Gasteiger partial charge in [-0.3, -0.25) is 0 Å². The average molecular weight is 426 g/mol. The summed E-state index contributed by atoms with van der Waals surface area (Å²) in [6, 6.07) is 14.6. The molecule has 0 unspecified atom stereocenters. The standard InChI is InChI=1S/C23H21F3N4O/c1-22(2,3)15-7-4-5-9-19(15)31-20-17(8-6-12-27-20)29-21-28-16-11-10-14(23(24,25)26)13-18(16)30-21/h4-13H,1-3H3,(H2,28,29,30). The third-order valence-corrected chi connectivity index (χ3v) is 4.74. The molecule has 2 aromatic heterocycles. The number of halogens is 3. The summed E-state index contributed by atoms with van der Waals surface area (Å²) in [4.78, 5) is 11.5. The van der Waals surface area contributed by atoms with Gasteiger partial charge in [-0.1, -0.05) is 39.0 Å². The Morgan fingerprint density at radius 3 is 2.48 bits per heavy atom. The van der Waals surface area contributed by atoms with Gasteiger partial charge in [0.15, 0.2) is 0 Å². The lowest BCUT2D eigenvalue weighted by atomic mass is 9.86. The van der Waals surface area contributed by atoms with Crippen LogP contribution in [0, 0.1) is 0 Å². The molecule has 5 nitrogen and oxygen atoms in total. The van der Waals surface area contributed by atoms with Crippen LogP contribution in [0.5, 0.6) is 11.6 Å². The maximum absolute atomic E-state index is 13.0. The summed E-state index contributed by atoms with van der Waals surface area (Å²) in [5.74, 6) is 1.29. The minimum atomic E-state index is -4.43. The van der Waals surface area contributed by atoms with Crippen molar-refractivity contribution in [1.29, 1.82) is 0 Å². The molecule has 0 saturated carbocycles. The van der Waals surface area contributed by atoms with Gasteiger partial charge in [0.05, 0.1) is 16.6 Å². The SMILES string of the molecule is CC(C)(C)c1ccccc1Oc1ncccc1Nc1nc2cc(C(F)(F)F)ccc2[nH]1. The van der Waals surface area contributed by atoms with Gasteiger partial charge in [-0.15, -0.1) is 0 Å². The van der Waals surface area contributed by atoms with E-state index in [0.717, 1.165) is 17.7 Å². The van der Waals surface area contributed by atoms with Crippen LogP contribution in [0.1, 0.15) is 31.9 Å². The average Bonchev–Trinajstić information content (AvgIpc) is 3.10. The molecule has 0 amide bonds. The minimum absolute atomic E-state index is 0.131. The molecule has 4 aromatic rings. The number of imidazole rings is 1. The summed E-state index contributed by atoms with van der Waals surface area (Å²) in [6.45, 7) is 6.28. The summed E-state index contributed by atoms with van der Waals surface area (Å²) in [6.07, 6.45) is -2.82. The van der Waals surface area contributed by atoms with E-state index in [-0.39, 0.29) is 16.9 Å². The monoisotopic (exact) mass is 426 g/mol. The third kappa shape index (κ3) is 4.47. The van der Waals surface area contributed by atoms with Crippen LogP contribution in [0.3, 0.4) is 0 Å². The number of para-hydroxylation sites is 1. The molecule has 0 aliphatic heterocycles. The first-order valence-electron chi connectivity index (χ1n) is 9.67. The van der Waals surface area contributed by atoms with Crippen molar-refractivity contribution in [3.63, 3.8) is 0 Å². The van der Waals surface area contributed by atoms with E-state index < -0.39 is 11.7 Å². The van der Waals surface area contributed by atoms with Gasteiger partial charge >= 0.3 is 6.18 Å². The highest BCUT2D eigenvalue weighted by Crippen LogP contribution is 2.36. The van der Waals surface area contributed by atoms with E-state index in [2.05, 4.69) is 41.0 Å². The first-order valence-corrected chi connectivity index (χ1v) is 9.67. The zero-order valence-corrected chi connectivity index (χ0v) is 17.2. The zero-order chi connectivity index (χ0) is 22.2. The number of anilines is 2. The molecule has 8 heteroatoms.